The third-order valence-electron chi connectivity index (χ3n) is 11.8. The molecule has 2 aliphatic carbocycles. The predicted molar refractivity (Wildman–Crippen MR) is 246 cm³/mol. The molecule has 63 heavy (non-hydrogen) atoms. The first-order chi connectivity index (χ1) is 30.8. The normalized spacial score (nSPS) is 18.9. The first-order valence-electron chi connectivity index (χ1n) is 22.2. The van der Waals surface area contributed by atoms with E-state index in [0.29, 0.717) is 80.4 Å². The number of nitrogens with zero attached hydrogens (tertiary/aromatic N) is 2. The minimum atomic E-state index is -0.476. The van der Waals surface area contributed by atoms with E-state index in [9.17, 15) is 14.4 Å². The van der Waals surface area contributed by atoms with Crippen LogP contribution in [0.1, 0.15) is 88.2 Å². The SMILES string of the molecule is C=CC(=O)OCCOCCOCCOc1ccc2cc(OC(=O)C3CCC(C(=O)Oc4ccc(C5CCC(CCC)CC5)cc4/C=N/Nc4nc5ccccc5s4)CC3)ccc2c1. The van der Waals surface area contributed by atoms with Gasteiger partial charge in [0.05, 0.1) is 54.7 Å². The van der Waals surface area contributed by atoms with Gasteiger partial charge in [-0.2, -0.15) is 5.10 Å². The third-order valence-corrected chi connectivity index (χ3v) is 12.8. The summed E-state index contributed by atoms with van der Waals surface area (Å²) in [7, 11) is 0. The molecule has 332 valence electrons. The molecule has 0 saturated heterocycles. The first-order valence-corrected chi connectivity index (χ1v) is 23.0. The molecule has 0 aliphatic heterocycles. The fourth-order valence-electron chi connectivity index (χ4n) is 8.40. The molecule has 2 saturated carbocycles. The largest absolute Gasteiger partial charge is 0.491 e. The maximum atomic E-state index is 13.6. The number of carbonyl (C=O) groups is 3. The van der Waals surface area contributed by atoms with Gasteiger partial charge in [-0.3, -0.25) is 15.0 Å². The van der Waals surface area contributed by atoms with Crippen LogP contribution < -0.4 is 19.6 Å². The van der Waals surface area contributed by atoms with Crippen molar-refractivity contribution in [2.24, 2.45) is 22.9 Å². The van der Waals surface area contributed by atoms with Gasteiger partial charge >= 0.3 is 17.9 Å². The second-order valence-corrected chi connectivity index (χ2v) is 17.2. The zero-order chi connectivity index (χ0) is 43.8. The zero-order valence-electron chi connectivity index (χ0n) is 36.0. The van der Waals surface area contributed by atoms with Crippen LogP contribution in [0.4, 0.5) is 5.13 Å². The highest BCUT2D eigenvalue weighted by Gasteiger charge is 2.33. The number of hydrazone groups is 1. The van der Waals surface area contributed by atoms with Crippen LogP contribution in [0.5, 0.6) is 17.2 Å². The van der Waals surface area contributed by atoms with Crippen molar-refractivity contribution in [3.8, 4) is 17.2 Å². The second kappa shape index (κ2) is 23.2. The van der Waals surface area contributed by atoms with Crippen molar-refractivity contribution in [2.75, 3.05) is 45.1 Å². The van der Waals surface area contributed by atoms with Gasteiger partial charge in [-0.15, -0.1) is 0 Å². The molecule has 0 unspecified atom stereocenters. The molecular weight excluding hydrogens is 819 g/mol. The molecule has 0 bridgehead atoms. The molecule has 13 heteroatoms. The van der Waals surface area contributed by atoms with Crippen LogP contribution in [0.2, 0.25) is 0 Å². The molecular formula is C50H57N3O9S. The van der Waals surface area contributed by atoms with Crippen molar-refractivity contribution in [1.82, 2.24) is 4.98 Å². The zero-order valence-corrected chi connectivity index (χ0v) is 36.8. The molecule has 7 rings (SSSR count). The molecule has 0 atom stereocenters. The Labute approximate surface area is 373 Å². The van der Waals surface area contributed by atoms with Crippen LogP contribution in [-0.2, 0) is 28.6 Å². The number of thiazole rings is 1. The van der Waals surface area contributed by atoms with Crippen LogP contribution in [0.3, 0.4) is 0 Å². The van der Waals surface area contributed by atoms with Gasteiger partial charge in [0.1, 0.15) is 30.5 Å². The molecule has 2 fully saturated rings. The third kappa shape index (κ3) is 13.2. The fourth-order valence-corrected chi connectivity index (χ4v) is 9.21. The summed E-state index contributed by atoms with van der Waals surface area (Å²) >= 11 is 1.53. The molecule has 5 aromatic rings. The molecule has 1 N–H and O–H groups in total. The Hall–Kier alpha value is -5.63. The maximum Gasteiger partial charge on any atom is 0.330 e. The fraction of sp³-hybridized carbons (Fsp3) is 0.420. The molecule has 0 amide bonds. The van der Waals surface area contributed by atoms with E-state index >= 15 is 0 Å². The van der Waals surface area contributed by atoms with Crippen LogP contribution in [0.15, 0.2) is 96.6 Å². The molecule has 0 spiro atoms. The lowest BCUT2D eigenvalue weighted by Gasteiger charge is -2.29. The van der Waals surface area contributed by atoms with E-state index in [-0.39, 0.29) is 37.0 Å². The molecule has 2 aliphatic rings. The van der Waals surface area contributed by atoms with Gasteiger partial charge in [-0.25, -0.2) is 9.78 Å². The van der Waals surface area contributed by atoms with E-state index in [4.69, 9.17) is 28.4 Å². The number of fused-ring (bicyclic) bond motifs is 2. The van der Waals surface area contributed by atoms with Crippen molar-refractivity contribution in [2.45, 2.75) is 77.0 Å². The monoisotopic (exact) mass is 875 g/mol. The lowest BCUT2D eigenvalue weighted by molar-refractivity contribution is -0.145. The van der Waals surface area contributed by atoms with Crippen LogP contribution in [0.25, 0.3) is 21.0 Å². The van der Waals surface area contributed by atoms with Crippen LogP contribution >= 0.6 is 11.3 Å². The smallest absolute Gasteiger partial charge is 0.330 e. The Kier molecular flexibility index (Phi) is 16.7. The van der Waals surface area contributed by atoms with E-state index in [1.807, 2.05) is 60.7 Å². The van der Waals surface area contributed by atoms with E-state index < -0.39 is 5.97 Å². The quantitative estimate of drug-likeness (QED) is 0.0188. The minimum Gasteiger partial charge on any atom is -0.491 e. The Morgan fingerprint density at radius 1 is 0.762 bits per heavy atom. The van der Waals surface area contributed by atoms with Gasteiger partial charge in [0, 0.05) is 11.6 Å². The number of nitrogens with one attached hydrogen (secondary N) is 1. The Morgan fingerprint density at radius 3 is 2.14 bits per heavy atom. The van der Waals surface area contributed by atoms with E-state index in [0.717, 1.165) is 51.4 Å². The topological polar surface area (TPSA) is 144 Å². The number of ether oxygens (including phenoxy) is 6. The number of aromatic nitrogens is 1. The van der Waals surface area contributed by atoms with Crippen molar-refractivity contribution in [3.05, 3.63) is 103 Å². The highest BCUT2D eigenvalue weighted by molar-refractivity contribution is 7.22. The highest BCUT2D eigenvalue weighted by atomic mass is 32.1. The Bertz CT molecular complexity index is 2310. The number of rotatable bonds is 21. The lowest BCUT2D eigenvalue weighted by Crippen LogP contribution is -2.30. The summed E-state index contributed by atoms with van der Waals surface area (Å²) < 4.78 is 34.6. The first kappa shape index (κ1) is 45.4. The summed E-state index contributed by atoms with van der Waals surface area (Å²) in [5, 5.41) is 7.08. The Balaban J connectivity index is 0.874. The average Bonchev–Trinajstić information content (AvgIpc) is 3.73. The number of benzene rings is 4. The summed E-state index contributed by atoms with van der Waals surface area (Å²) in [4.78, 5) is 42.6. The van der Waals surface area contributed by atoms with Gasteiger partial charge in [0.25, 0.3) is 0 Å². The number of carbonyl (C=O) groups excluding carboxylic acids is 3. The predicted octanol–water partition coefficient (Wildman–Crippen LogP) is 10.4. The average molecular weight is 876 g/mol. The van der Waals surface area contributed by atoms with Gasteiger partial charge in [-0.05, 0) is 128 Å². The van der Waals surface area contributed by atoms with Crippen molar-refractivity contribution < 1.29 is 42.8 Å². The summed E-state index contributed by atoms with van der Waals surface area (Å²) in [5.41, 5.74) is 5.98. The van der Waals surface area contributed by atoms with Crippen LogP contribution in [-0.4, -0.2) is 68.7 Å². The molecule has 1 aromatic heterocycles. The Morgan fingerprint density at radius 2 is 1.43 bits per heavy atom. The molecule has 4 aromatic carbocycles. The second-order valence-electron chi connectivity index (χ2n) is 16.2. The van der Waals surface area contributed by atoms with Crippen molar-refractivity contribution in [1.29, 1.82) is 0 Å². The van der Waals surface area contributed by atoms with E-state index in [1.165, 1.54) is 42.6 Å². The van der Waals surface area contributed by atoms with Crippen molar-refractivity contribution in [3.63, 3.8) is 0 Å². The lowest BCUT2D eigenvalue weighted by atomic mass is 9.77. The van der Waals surface area contributed by atoms with E-state index in [2.05, 4.69) is 41.1 Å². The van der Waals surface area contributed by atoms with Gasteiger partial charge in [-0.1, -0.05) is 68.0 Å². The number of hydrogen-bond acceptors (Lipinski definition) is 13. The summed E-state index contributed by atoms with van der Waals surface area (Å²) in [6.45, 7) is 7.59. The summed E-state index contributed by atoms with van der Waals surface area (Å²) in [6, 6.07) is 25.4. The number of esters is 3. The minimum absolute atomic E-state index is 0.169. The molecule has 0 radical (unpaired) electrons. The number of hydrogen-bond donors (Lipinski definition) is 1. The summed E-state index contributed by atoms with van der Waals surface area (Å²) in [6.07, 6.45) is 12.3. The highest BCUT2D eigenvalue weighted by Crippen LogP contribution is 2.39. The van der Waals surface area contributed by atoms with Gasteiger partial charge < -0.3 is 28.4 Å². The molecule has 12 nitrogen and oxygen atoms in total. The van der Waals surface area contributed by atoms with Crippen LogP contribution in [0, 0.1) is 17.8 Å². The standard InChI is InChI=1S/C50H57N3O9S/c1-3-7-34-10-12-35(13-11-34)38-20-23-45(41(30-38)33-51-53-50-52-44-8-5-6-9-46(44)63-50)62-49(56)37-16-14-36(15-17-37)48(55)61-43-22-19-39-31-42(21-18-40(39)32-43)59-28-26-57-24-25-58-27-29-60-47(54)4-2/h4-6,8-9,18-23,30-37H,2-3,7,10-17,24-29H2,1H3,(H,52,53)/b51-33+. The number of para-hydroxylation sites is 1. The van der Waals surface area contributed by atoms with Gasteiger partial charge in [0.2, 0.25) is 5.13 Å². The molecule has 1 heterocycles. The maximum absolute atomic E-state index is 13.6. The summed E-state index contributed by atoms with van der Waals surface area (Å²) in [5.74, 6) is 1.24. The number of anilines is 1. The van der Waals surface area contributed by atoms with Crippen molar-refractivity contribution >= 4 is 61.6 Å². The van der Waals surface area contributed by atoms with Gasteiger partial charge in [0.15, 0.2) is 0 Å². The van der Waals surface area contributed by atoms with E-state index in [1.54, 1.807) is 12.3 Å².